The van der Waals surface area contributed by atoms with Crippen LogP contribution in [0.15, 0.2) is 47.1 Å². The van der Waals surface area contributed by atoms with Gasteiger partial charge in [0, 0.05) is 31.2 Å². The van der Waals surface area contributed by atoms with Gasteiger partial charge in [-0.1, -0.05) is 30.3 Å². The van der Waals surface area contributed by atoms with E-state index in [1.165, 1.54) is 18.9 Å². The summed E-state index contributed by atoms with van der Waals surface area (Å²) < 4.78 is 15.8. The quantitative estimate of drug-likeness (QED) is 0.831. The lowest BCUT2D eigenvalue weighted by molar-refractivity contribution is 0.0563. The summed E-state index contributed by atoms with van der Waals surface area (Å²) in [5.41, 5.74) is 2.03. The highest BCUT2D eigenvalue weighted by molar-refractivity contribution is 5.87. The van der Waals surface area contributed by atoms with Crippen LogP contribution in [0.4, 0.5) is 0 Å². The Hall–Kier alpha value is -2.11. The van der Waals surface area contributed by atoms with Gasteiger partial charge in [-0.3, -0.25) is 0 Å². The monoisotopic (exact) mass is 315 g/mol. The van der Waals surface area contributed by atoms with E-state index >= 15 is 0 Å². The molecular weight excluding hydrogens is 294 g/mol. The molecule has 1 aliphatic rings. The number of esters is 1. The van der Waals surface area contributed by atoms with Crippen molar-refractivity contribution in [3.8, 4) is 0 Å². The molecule has 0 radical (unpaired) electrons. The molecule has 0 aliphatic carbocycles. The Morgan fingerprint density at radius 3 is 2.91 bits per heavy atom. The van der Waals surface area contributed by atoms with Crippen molar-refractivity contribution in [3.63, 3.8) is 0 Å². The second kappa shape index (κ2) is 7.44. The molecule has 1 aromatic heterocycles. The summed E-state index contributed by atoms with van der Waals surface area (Å²) in [6, 6.07) is 12.1. The third-order valence-corrected chi connectivity index (χ3v) is 4.18. The Kier molecular flexibility index (Phi) is 5.10. The van der Waals surface area contributed by atoms with Gasteiger partial charge in [-0.25, -0.2) is 4.79 Å². The zero-order valence-electron chi connectivity index (χ0n) is 13.2. The first kappa shape index (κ1) is 15.8. The first-order chi connectivity index (χ1) is 11.3. The fraction of sp³-hybridized carbons (Fsp3) is 0.389. The molecule has 2 aromatic rings. The van der Waals surface area contributed by atoms with E-state index in [0.29, 0.717) is 12.5 Å². The Labute approximate surface area is 135 Å². The first-order valence-corrected chi connectivity index (χ1v) is 7.81. The first-order valence-electron chi connectivity index (χ1n) is 7.81. The van der Waals surface area contributed by atoms with Crippen LogP contribution in [0.2, 0.25) is 0 Å². The molecule has 0 amide bonds. The van der Waals surface area contributed by atoms with Crippen molar-refractivity contribution in [1.29, 1.82) is 0 Å². The number of benzene rings is 1. The zero-order valence-corrected chi connectivity index (χ0v) is 13.2. The summed E-state index contributed by atoms with van der Waals surface area (Å²) in [5.74, 6) is 0.242. The molecule has 5 heteroatoms. The van der Waals surface area contributed by atoms with Crippen LogP contribution in [0.3, 0.4) is 0 Å². The van der Waals surface area contributed by atoms with Crippen LogP contribution >= 0.6 is 0 Å². The van der Waals surface area contributed by atoms with Crippen LogP contribution in [-0.2, 0) is 16.0 Å². The molecule has 2 heterocycles. The number of carbonyl (C=O) groups is 1. The molecule has 0 saturated carbocycles. The van der Waals surface area contributed by atoms with E-state index in [-0.39, 0.29) is 11.9 Å². The maximum absolute atomic E-state index is 11.6. The topological polar surface area (TPSA) is 60.7 Å². The van der Waals surface area contributed by atoms with E-state index in [2.05, 4.69) is 17.4 Å². The normalized spacial score (nSPS) is 20.6. The summed E-state index contributed by atoms with van der Waals surface area (Å²) in [4.78, 5) is 11.6. The minimum atomic E-state index is -0.446. The molecule has 1 aromatic carbocycles. The van der Waals surface area contributed by atoms with Crippen LogP contribution in [0.25, 0.3) is 0 Å². The lowest BCUT2D eigenvalue weighted by atomic mass is 9.95. The van der Waals surface area contributed by atoms with Crippen LogP contribution < -0.4 is 5.32 Å². The van der Waals surface area contributed by atoms with Crippen molar-refractivity contribution < 1.29 is 18.7 Å². The lowest BCUT2D eigenvalue weighted by Gasteiger charge is -2.19. The summed E-state index contributed by atoms with van der Waals surface area (Å²) in [7, 11) is 1.35. The number of ether oxygens (including phenoxy) is 2. The predicted octanol–water partition coefficient (Wildman–Crippen LogP) is 2.93. The fourth-order valence-corrected chi connectivity index (χ4v) is 2.99. The number of rotatable bonds is 6. The molecule has 1 fully saturated rings. The van der Waals surface area contributed by atoms with Gasteiger partial charge in [0.2, 0.25) is 5.76 Å². The van der Waals surface area contributed by atoms with Crippen LogP contribution in [0.1, 0.15) is 34.2 Å². The maximum atomic E-state index is 11.6. The van der Waals surface area contributed by atoms with Gasteiger partial charge in [0.15, 0.2) is 0 Å². The molecule has 5 nitrogen and oxygen atoms in total. The Morgan fingerprint density at radius 1 is 1.30 bits per heavy atom. The summed E-state index contributed by atoms with van der Waals surface area (Å²) in [6.45, 7) is 2.18. The third kappa shape index (κ3) is 3.63. The van der Waals surface area contributed by atoms with Crippen LogP contribution in [0, 0.1) is 5.92 Å². The van der Waals surface area contributed by atoms with Gasteiger partial charge in [0.25, 0.3) is 0 Å². The number of carbonyl (C=O) groups excluding carboxylic acids is 1. The standard InChI is InChI=1S/C18H21NO4/c1-21-18(20)17-15(8-10-23-17)12-19-11-14-7-9-22-16(14)13-5-3-2-4-6-13/h2-6,8,10,14,16,19H,7,9,11-12H2,1H3/t14-,16-/m0/s1. The predicted molar refractivity (Wildman–Crippen MR) is 85.0 cm³/mol. The van der Waals surface area contributed by atoms with Crippen molar-refractivity contribution in [2.45, 2.75) is 19.1 Å². The van der Waals surface area contributed by atoms with E-state index in [1.807, 2.05) is 18.2 Å². The van der Waals surface area contributed by atoms with Gasteiger partial charge in [-0.2, -0.15) is 0 Å². The van der Waals surface area contributed by atoms with Gasteiger partial charge < -0.3 is 19.2 Å². The summed E-state index contributed by atoms with van der Waals surface area (Å²) >= 11 is 0. The van der Waals surface area contributed by atoms with Crippen molar-refractivity contribution in [1.82, 2.24) is 5.32 Å². The summed E-state index contributed by atoms with van der Waals surface area (Å²) in [6.07, 6.45) is 2.67. The van der Waals surface area contributed by atoms with Crippen LogP contribution in [-0.4, -0.2) is 26.2 Å². The third-order valence-electron chi connectivity index (χ3n) is 4.18. The smallest absolute Gasteiger partial charge is 0.374 e. The molecule has 3 rings (SSSR count). The molecule has 2 atom stereocenters. The zero-order chi connectivity index (χ0) is 16.1. The van der Waals surface area contributed by atoms with Crippen molar-refractivity contribution in [3.05, 3.63) is 59.5 Å². The maximum Gasteiger partial charge on any atom is 0.374 e. The average molecular weight is 315 g/mol. The Morgan fingerprint density at radius 2 is 2.13 bits per heavy atom. The fourth-order valence-electron chi connectivity index (χ4n) is 2.99. The van der Waals surface area contributed by atoms with E-state index in [1.54, 1.807) is 6.07 Å². The SMILES string of the molecule is COC(=O)c1occc1CNC[C@@H]1CCO[C@H]1c1ccccc1. The largest absolute Gasteiger partial charge is 0.463 e. The van der Waals surface area contributed by atoms with Crippen molar-refractivity contribution in [2.75, 3.05) is 20.3 Å². The van der Waals surface area contributed by atoms with E-state index < -0.39 is 5.97 Å². The van der Waals surface area contributed by atoms with Gasteiger partial charge in [-0.05, 0) is 18.1 Å². The Bertz CT molecular complexity index is 637. The highest BCUT2D eigenvalue weighted by atomic mass is 16.5. The minimum absolute atomic E-state index is 0.133. The van der Waals surface area contributed by atoms with E-state index in [4.69, 9.17) is 13.9 Å². The number of hydrogen-bond donors (Lipinski definition) is 1. The van der Waals surface area contributed by atoms with Crippen LogP contribution in [0.5, 0.6) is 0 Å². The molecule has 122 valence electrons. The van der Waals surface area contributed by atoms with Crippen molar-refractivity contribution >= 4 is 5.97 Å². The van der Waals surface area contributed by atoms with Crippen molar-refractivity contribution in [2.24, 2.45) is 5.92 Å². The van der Waals surface area contributed by atoms with Gasteiger partial charge in [-0.15, -0.1) is 0 Å². The number of methoxy groups -OCH3 is 1. The lowest BCUT2D eigenvalue weighted by Crippen LogP contribution is -2.25. The highest BCUT2D eigenvalue weighted by Gasteiger charge is 2.29. The molecule has 0 spiro atoms. The van der Waals surface area contributed by atoms with E-state index in [0.717, 1.165) is 25.1 Å². The molecular formula is C18H21NO4. The number of hydrogen-bond acceptors (Lipinski definition) is 5. The second-order valence-corrected chi connectivity index (χ2v) is 5.65. The van der Waals surface area contributed by atoms with Gasteiger partial charge >= 0.3 is 5.97 Å². The molecule has 0 bridgehead atoms. The molecule has 1 aliphatic heterocycles. The van der Waals surface area contributed by atoms with E-state index in [9.17, 15) is 4.79 Å². The average Bonchev–Trinajstić information content (AvgIpc) is 3.24. The molecule has 0 unspecified atom stereocenters. The van der Waals surface area contributed by atoms with Gasteiger partial charge in [0.1, 0.15) is 0 Å². The number of furan rings is 1. The Balaban J connectivity index is 1.56. The highest BCUT2D eigenvalue weighted by Crippen LogP contribution is 2.33. The minimum Gasteiger partial charge on any atom is -0.463 e. The summed E-state index contributed by atoms with van der Waals surface area (Å²) in [5, 5.41) is 3.40. The number of nitrogens with one attached hydrogen (secondary N) is 1. The molecule has 23 heavy (non-hydrogen) atoms. The second-order valence-electron chi connectivity index (χ2n) is 5.65. The molecule has 1 N–H and O–H groups in total. The molecule has 1 saturated heterocycles. The van der Waals surface area contributed by atoms with Gasteiger partial charge in [0.05, 0.1) is 19.5 Å².